The van der Waals surface area contributed by atoms with E-state index in [0.29, 0.717) is 30.3 Å². The minimum atomic E-state index is -0.679. The molecular weight excluding hydrogens is 460 g/mol. The standard InChI is InChI=1S/C29H33ClN2O3/c1-5-31-29(34)26(17-23-12-7-6-8-13-23)32(18-24-14-10-9-11-20(24)2)27(33)19-35-25-15-21(3)28(30)22(4)16-25/h6-16,26H,5,17-19H2,1-4H3,(H,31,34)/t26-/m0/s1. The van der Waals surface area contributed by atoms with Gasteiger partial charge in [-0.2, -0.15) is 0 Å². The van der Waals surface area contributed by atoms with Gasteiger partial charge in [-0.15, -0.1) is 0 Å². The first-order valence-electron chi connectivity index (χ1n) is 11.8. The summed E-state index contributed by atoms with van der Waals surface area (Å²) in [7, 11) is 0. The van der Waals surface area contributed by atoms with E-state index in [0.717, 1.165) is 27.8 Å². The van der Waals surface area contributed by atoms with Crippen molar-refractivity contribution in [2.75, 3.05) is 13.2 Å². The zero-order chi connectivity index (χ0) is 25.4. The lowest BCUT2D eigenvalue weighted by molar-refractivity contribution is -0.142. The van der Waals surface area contributed by atoms with E-state index in [1.165, 1.54) is 0 Å². The van der Waals surface area contributed by atoms with Crippen LogP contribution in [0.4, 0.5) is 0 Å². The zero-order valence-electron chi connectivity index (χ0n) is 20.8. The van der Waals surface area contributed by atoms with E-state index in [9.17, 15) is 9.59 Å². The topological polar surface area (TPSA) is 58.6 Å². The number of halogens is 1. The third-order valence-corrected chi connectivity index (χ3v) is 6.59. The van der Waals surface area contributed by atoms with Crippen LogP contribution in [0.1, 0.15) is 34.7 Å². The van der Waals surface area contributed by atoms with Gasteiger partial charge in [0, 0.05) is 24.5 Å². The molecular formula is C29H33ClN2O3. The summed E-state index contributed by atoms with van der Waals surface area (Å²) < 4.78 is 5.89. The summed E-state index contributed by atoms with van der Waals surface area (Å²) >= 11 is 6.28. The third-order valence-electron chi connectivity index (χ3n) is 6.00. The van der Waals surface area contributed by atoms with Gasteiger partial charge in [-0.1, -0.05) is 66.2 Å². The molecule has 184 valence electrons. The Hall–Kier alpha value is -3.31. The highest BCUT2D eigenvalue weighted by Crippen LogP contribution is 2.26. The molecule has 0 saturated carbocycles. The summed E-state index contributed by atoms with van der Waals surface area (Å²) in [6.07, 6.45) is 0.406. The Morgan fingerprint density at radius 3 is 2.20 bits per heavy atom. The molecule has 0 heterocycles. The fourth-order valence-electron chi connectivity index (χ4n) is 4.03. The lowest BCUT2D eigenvalue weighted by atomic mass is 10.0. The molecule has 3 aromatic rings. The van der Waals surface area contributed by atoms with Crippen LogP contribution in [0.15, 0.2) is 66.7 Å². The summed E-state index contributed by atoms with van der Waals surface area (Å²) in [6, 6.07) is 20.6. The number of carbonyl (C=O) groups excluding carboxylic acids is 2. The van der Waals surface area contributed by atoms with Crippen molar-refractivity contribution in [3.63, 3.8) is 0 Å². The number of ether oxygens (including phenoxy) is 1. The van der Waals surface area contributed by atoms with Gasteiger partial charge in [0.05, 0.1) is 0 Å². The van der Waals surface area contributed by atoms with E-state index < -0.39 is 6.04 Å². The number of aryl methyl sites for hydroxylation is 3. The van der Waals surface area contributed by atoms with Gasteiger partial charge in [0.1, 0.15) is 11.8 Å². The number of nitrogens with one attached hydrogen (secondary N) is 1. The molecule has 0 saturated heterocycles. The summed E-state index contributed by atoms with van der Waals surface area (Å²) in [5.41, 5.74) is 4.80. The Balaban J connectivity index is 1.91. The number of rotatable bonds is 10. The van der Waals surface area contributed by atoms with Crippen molar-refractivity contribution in [1.29, 1.82) is 0 Å². The average Bonchev–Trinajstić information content (AvgIpc) is 2.85. The molecule has 2 amide bonds. The summed E-state index contributed by atoms with van der Waals surface area (Å²) in [4.78, 5) is 28.4. The normalized spacial score (nSPS) is 11.6. The van der Waals surface area contributed by atoms with Crippen LogP contribution in [-0.4, -0.2) is 35.9 Å². The fourth-order valence-corrected chi connectivity index (χ4v) is 4.14. The van der Waals surface area contributed by atoms with Gasteiger partial charge in [0.25, 0.3) is 5.91 Å². The molecule has 1 atom stereocenters. The van der Waals surface area contributed by atoms with E-state index in [1.54, 1.807) is 4.90 Å². The summed E-state index contributed by atoms with van der Waals surface area (Å²) in [6.45, 7) is 8.29. The van der Waals surface area contributed by atoms with Crippen LogP contribution in [0.25, 0.3) is 0 Å². The predicted molar refractivity (Wildman–Crippen MR) is 141 cm³/mol. The van der Waals surface area contributed by atoms with Crippen molar-refractivity contribution in [2.24, 2.45) is 0 Å². The number of benzene rings is 3. The van der Waals surface area contributed by atoms with Gasteiger partial charge in [0.2, 0.25) is 5.91 Å². The summed E-state index contributed by atoms with van der Waals surface area (Å²) in [5, 5.41) is 3.59. The van der Waals surface area contributed by atoms with Gasteiger partial charge < -0.3 is 15.0 Å². The molecule has 0 radical (unpaired) electrons. The quantitative estimate of drug-likeness (QED) is 0.411. The number of hydrogen-bond donors (Lipinski definition) is 1. The maximum Gasteiger partial charge on any atom is 0.261 e. The molecule has 35 heavy (non-hydrogen) atoms. The molecule has 0 spiro atoms. The molecule has 0 aliphatic carbocycles. The molecule has 6 heteroatoms. The minimum absolute atomic E-state index is 0.183. The monoisotopic (exact) mass is 492 g/mol. The smallest absolute Gasteiger partial charge is 0.261 e. The average molecular weight is 493 g/mol. The van der Waals surface area contributed by atoms with Gasteiger partial charge in [-0.25, -0.2) is 0 Å². The number of amides is 2. The highest BCUT2D eigenvalue weighted by molar-refractivity contribution is 6.32. The van der Waals surface area contributed by atoms with E-state index in [4.69, 9.17) is 16.3 Å². The largest absolute Gasteiger partial charge is 0.484 e. The lowest BCUT2D eigenvalue weighted by Crippen LogP contribution is -2.51. The first-order valence-corrected chi connectivity index (χ1v) is 12.2. The van der Waals surface area contributed by atoms with Crippen LogP contribution in [0.5, 0.6) is 5.75 Å². The Morgan fingerprint density at radius 1 is 0.943 bits per heavy atom. The Kier molecular flexibility index (Phi) is 9.32. The number of hydrogen-bond acceptors (Lipinski definition) is 3. The highest BCUT2D eigenvalue weighted by atomic mass is 35.5. The van der Waals surface area contributed by atoms with E-state index in [2.05, 4.69) is 5.32 Å². The highest BCUT2D eigenvalue weighted by Gasteiger charge is 2.30. The van der Waals surface area contributed by atoms with Gasteiger partial charge in [-0.3, -0.25) is 9.59 Å². The van der Waals surface area contributed by atoms with Crippen molar-refractivity contribution in [3.8, 4) is 5.75 Å². The lowest BCUT2D eigenvalue weighted by Gasteiger charge is -2.32. The molecule has 0 aromatic heterocycles. The number of likely N-dealkylation sites (N-methyl/N-ethyl adjacent to an activating group) is 1. The van der Waals surface area contributed by atoms with Crippen molar-refractivity contribution in [3.05, 3.63) is 99.6 Å². The Bertz CT molecular complexity index is 1140. The van der Waals surface area contributed by atoms with Crippen LogP contribution in [0.2, 0.25) is 5.02 Å². The van der Waals surface area contributed by atoms with E-state index >= 15 is 0 Å². The molecule has 0 fully saturated rings. The number of carbonyl (C=O) groups is 2. The second-order valence-electron chi connectivity index (χ2n) is 8.71. The summed E-state index contributed by atoms with van der Waals surface area (Å²) in [5.74, 6) is 0.133. The van der Waals surface area contributed by atoms with Crippen LogP contribution in [-0.2, 0) is 22.6 Å². The minimum Gasteiger partial charge on any atom is -0.484 e. The Morgan fingerprint density at radius 2 is 1.57 bits per heavy atom. The van der Waals surface area contributed by atoms with E-state index in [-0.39, 0.29) is 18.4 Å². The first-order chi connectivity index (χ1) is 16.8. The SMILES string of the molecule is CCNC(=O)[C@H](Cc1ccccc1)N(Cc1ccccc1C)C(=O)COc1cc(C)c(Cl)c(C)c1. The molecule has 0 aliphatic rings. The van der Waals surface area contributed by atoms with Gasteiger partial charge >= 0.3 is 0 Å². The molecule has 5 nitrogen and oxygen atoms in total. The van der Waals surface area contributed by atoms with Crippen molar-refractivity contribution < 1.29 is 14.3 Å². The van der Waals surface area contributed by atoms with Crippen LogP contribution >= 0.6 is 11.6 Å². The maximum atomic E-state index is 13.6. The molecule has 0 aliphatic heterocycles. The van der Waals surface area contributed by atoms with Gasteiger partial charge in [-0.05, 0) is 67.6 Å². The molecule has 3 rings (SSSR count). The van der Waals surface area contributed by atoms with Gasteiger partial charge in [0.15, 0.2) is 6.61 Å². The maximum absolute atomic E-state index is 13.6. The molecule has 1 N–H and O–H groups in total. The van der Waals surface area contributed by atoms with Crippen molar-refractivity contribution >= 4 is 23.4 Å². The van der Waals surface area contributed by atoms with Crippen LogP contribution in [0.3, 0.4) is 0 Å². The first kappa shape index (κ1) is 26.3. The fraction of sp³-hybridized carbons (Fsp3) is 0.310. The molecule has 3 aromatic carbocycles. The van der Waals surface area contributed by atoms with Crippen molar-refractivity contribution in [1.82, 2.24) is 10.2 Å². The van der Waals surface area contributed by atoms with Crippen LogP contribution in [0, 0.1) is 20.8 Å². The molecule has 0 bridgehead atoms. The second-order valence-corrected chi connectivity index (χ2v) is 9.09. The zero-order valence-corrected chi connectivity index (χ0v) is 21.6. The van der Waals surface area contributed by atoms with Crippen LogP contribution < -0.4 is 10.1 Å². The number of nitrogens with zero attached hydrogens (tertiary/aromatic N) is 1. The third kappa shape index (κ3) is 7.09. The second kappa shape index (κ2) is 12.4. The predicted octanol–water partition coefficient (Wildman–Crippen LogP) is 5.42. The van der Waals surface area contributed by atoms with Crippen molar-refractivity contribution in [2.45, 2.75) is 46.7 Å². The Labute approximate surface area is 213 Å². The van der Waals surface area contributed by atoms with E-state index in [1.807, 2.05) is 94.4 Å². The molecule has 0 unspecified atom stereocenters.